The minimum Gasteiger partial charge on any atom is -0.394 e. The van der Waals surface area contributed by atoms with Crippen LogP contribution in [0.2, 0.25) is 0 Å². The highest BCUT2D eigenvalue weighted by Crippen LogP contribution is 2.20. The molecule has 0 fully saturated rings. The lowest BCUT2D eigenvalue weighted by molar-refractivity contribution is 0.716. The van der Waals surface area contributed by atoms with E-state index in [4.69, 9.17) is 5.73 Å². The number of nitrogens with two attached hydrogens (primary N) is 1. The number of nitrogens with zero attached hydrogens (tertiary/aromatic N) is 4. The molecule has 5 nitrogen and oxygen atoms in total. The molecule has 5 heteroatoms. The third-order valence-corrected chi connectivity index (χ3v) is 2.29. The van der Waals surface area contributed by atoms with Gasteiger partial charge in [0.15, 0.2) is 5.82 Å². The van der Waals surface area contributed by atoms with Crippen LogP contribution in [0.25, 0.3) is 5.82 Å². The number of imidazole rings is 1. The molecular formula is C9H13N5. The Morgan fingerprint density at radius 2 is 2.07 bits per heavy atom. The second kappa shape index (κ2) is 2.87. The molecule has 0 atom stereocenters. The van der Waals surface area contributed by atoms with E-state index in [9.17, 15) is 0 Å². The first-order valence-electron chi connectivity index (χ1n) is 4.40. The highest BCUT2D eigenvalue weighted by atomic mass is 15.3. The number of aromatic nitrogens is 4. The van der Waals surface area contributed by atoms with Crippen molar-refractivity contribution >= 4 is 5.69 Å². The maximum Gasteiger partial charge on any atom is 0.160 e. The minimum atomic E-state index is 0.702. The Morgan fingerprint density at radius 1 is 1.36 bits per heavy atom. The van der Waals surface area contributed by atoms with Crippen LogP contribution in [0.3, 0.4) is 0 Å². The van der Waals surface area contributed by atoms with Crippen molar-refractivity contribution in [2.24, 2.45) is 7.05 Å². The highest BCUT2D eigenvalue weighted by molar-refractivity contribution is 5.57. The lowest BCUT2D eigenvalue weighted by atomic mass is 10.4. The second-order valence-electron chi connectivity index (χ2n) is 3.29. The van der Waals surface area contributed by atoms with Crippen LogP contribution in [0.1, 0.15) is 11.5 Å². The molecule has 14 heavy (non-hydrogen) atoms. The zero-order valence-electron chi connectivity index (χ0n) is 8.52. The third kappa shape index (κ3) is 1.09. The summed E-state index contributed by atoms with van der Waals surface area (Å²) in [6.45, 7) is 3.83. The Morgan fingerprint density at radius 3 is 2.50 bits per heavy atom. The van der Waals surface area contributed by atoms with Crippen molar-refractivity contribution in [3.63, 3.8) is 0 Å². The van der Waals surface area contributed by atoms with Gasteiger partial charge >= 0.3 is 0 Å². The molecule has 0 amide bonds. The number of rotatable bonds is 1. The summed E-state index contributed by atoms with van der Waals surface area (Å²) < 4.78 is 3.69. The number of nitrogen functional groups attached to an aromatic ring is 1. The summed E-state index contributed by atoms with van der Waals surface area (Å²) >= 11 is 0. The van der Waals surface area contributed by atoms with Crippen LogP contribution in [-0.2, 0) is 7.05 Å². The Hall–Kier alpha value is -1.78. The molecule has 2 heterocycles. The molecule has 2 N–H and O–H groups in total. The van der Waals surface area contributed by atoms with Gasteiger partial charge in [-0.2, -0.15) is 5.10 Å². The van der Waals surface area contributed by atoms with E-state index in [1.165, 1.54) is 0 Å². The fourth-order valence-corrected chi connectivity index (χ4v) is 1.55. The number of hydrogen-bond donors (Lipinski definition) is 1. The molecule has 0 aliphatic carbocycles. The van der Waals surface area contributed by atoms with E-state index in [0.717, 1.165) is 17.3 Å². The van der Waals surface area contributed by atoms with Crippen molar-refractivity contribution in [2.75, 3.05) is 5.73 Å². The Bertz CT molecular complexity index is 466. The third-order valence-electron chi connectivity index (χ3n) is 2.29. The van der Waals surface area contributed by atoms with Gasteiger partial charge in [-0.25, -0.2) is 9.67 Å². The van der Waals surface area contributed by atoms with Crippen LogP contribution in [0.4, 0.5) is 5.69 Å². The van der Waals surface area contributed by atoms with E-state index in [0.29, 0.717) is 5.69 Å². The molecule has 0 aliphatic rings. The van der Waals surface area contributed by atoms with Crippen LogP contribution in [0, 0.1) is 13.8 Å². The van der Waals surface area contributed by atoms with Gasteiger partial charge < -0.3 is 5.73 Å². The first kappa shape index (κ1) is 8.80. The van der Waals surface area contributed by atoms with Gasteiger partial charge in [0.25, 0.3) is 0 Å². The maximum atomic E-state index is 5.93. The molecule has 74 valence electrons. The van der Waals surface area contributed by atoms with E-state index in [2.05, 4.69) is 10.1 Å². The molecule has 0 radical (unpaired) electrons. The maximum absolute atomic E-state index is 5.93. The lowest BCUT2D eigenvalue weighted by Gasteiger charge is -2.05. The van der Waals surface area contributed by atoms with Gasteiger partial charge in [-0.1, -0.05) is 0 Å². The summed E-state index contributed by atoms with van der Waals surface area (Å²) in [5.41, 5.74) is 7.48. The van der Waals surface area contributed by atoms with Crippen LogP contribution in [0.15, 0.2) is 12.4 Å². The van der Waals surface area contributed by atoms with Gasteiger partial charge in [0.1, 0.15) is 5.82 Å². The number of aryl methyl sites for hydroxylation is 3. The summed E-state index contributed by atoms with van der Waals surface area (Å²) in [6, 6.07) is 0. The Kier molecular flexibility index (Phi) is 1.80. The molecule has 0 unspecified atom stereocenters. The molecule has 2 rings (SSSR count). The Labute approximate surface area is 82.2 Å². The molecular weight excluding hydrogens is 178 g/mol. The van der Waals surface area contributed by atoms with Crippen LogP contribution in [-0.4, -0.2) is 19.3 Å². The highest BCUT2D eigenvalue weighted by Gasteiger charge is 2.12. The molecule has 0 bridgehead atoms. The van der Waals surface area contributed by atoms with Gasteiger partial charge in [0.2, 0.25) is 0 Å². The van der Waals surface area contributed by atoms with E-state index < -0.39 is 0 Å². The lowest BCUT2D eigenvalue weighted by Crippen LogP contribution is -2.05. The molecule has 0 aliphatic heterocycles. The molecule has 0 saturated heterocycles. The largest absolute Gasteiger partial charge is 0.394 e. The van der Waals surface area contributed by atoms with Gasteiger partial charge in [-0.05, 0) is 13.8 Å². The average Bonchev–Trinajstić information content (AvgIpc) is 2.60. The molecule has 0 saturated carbocycles. The summed E-state index contributed by atoms with van der Waals surface area (Å²) in [6.07, 6.45) is 3.62. The molecule has 2 aromatic heterocycles. The van der Waals surface area contributed by atoms with Crippen LogP contribution < -0.4 is 5.73 Å². The molecule has 0 aromatic carbocycles. The van der Waals surface area contributed by atoms with Gasteiger partial charge in [0, 0.05) is 19.4 Å². The SMILES string of the molecule is Cc1nn(C)c(-n2ccnc2C)c1N. The summed E-state index contributed by atoms with van der Waals surface area (Å²) in [5, 5.41) is 4.25. The van der Waals surface area contributed by atoms with Crippen molar-refractivity contribution in [2.45, 2.75) is 13.8 Å². The van der Waals surface area contributed by atoms with Gasteiger partial charge in [-0.15, -0.1) is 0 Å². The second-order valence-corrected chi connectivity index (χ2v) is 3.29. The van der Waals surface area contributed by atoms with Crippen molar-refractivity contribution in [1.29, 1.82) is 0 Å². The zero-order chi connectivity index (χ0) is 10.3. The Balaban J connectivity index is 2.68. The van der Waals surface area contributed by atoms with E-state index in [1.54, 1.807) is 10.9 Å². The number of anilines is 1. The summed E-state index contributed by atoms with van der Waals surface area (Å²) in [7, 11) is 1.87. The van der Waals surface area contributed by atoms with Crippen LogP contribution in [0.5, 0.6) is 0 Å². The van der Waals surface area contributed by atoms with E-state index in [1.807, 2.05) is 31.7 Å². The van der Waals surface area contributed by atoms with Crippen molar-refractivity contribution in [1.82, 2.24) is 19.3 Å². The predicted octanol–water partition coefficient (Wildman–Crippen LogP) is 0.805. The van der Waals surface area contributed by atoms with E-state index in [-0.39, 0.29) is 0 Å². The zero-order valence-corrected chi connectivity index (χ0v) is 8.52. The van der Waals surface area contributed by atoms with Crippen molar-refractivity contribution < 1.29 is 0 Å². The normalized spacial score (nSPS) is 10.8. The quantitative estimate of drug-likeness (QED) is 0.725. The average molecular weight is 191 g/mol. The summed E-state index contributed by atoms with van der Waals surface area (Å²) in [5.74, 6) is 1.78. The monoisotopic (exact) mass is 191 g/mol. The topological polar surface area (TPSA) is 61.7 Å². The summed E-state index contributed by atoms with van der Waals surface area (Å²) in [4.78, 5) is 4.15. The standard InChI is InChI=1S/C9H13N5/c1-6-8(10)9(13(3)12-6)14-5-4-11-7(14)2/h4-5H,10H2,1-3H3. The first-order chi connectivity index (χ1) is 6.61. The van der Waals surface area contributed by atoms with E-state index >= 15 is 0 Å². The van der Waals surface area contributed by atoms with Crippen LogP contribution >= 0.6 is 0 Å². The molecule has 0 spiro atoms. The van der Waals surface area contributed by atoms with Crippen molar-refractivity contribution in [3.8, 4) is 5.82 Å². The number of hydrogen-bond acceptors (Lipinski definition) is 3. The predicted molar refractivity (Wildman–Crippen MR) is 54.2 cm³/mol. The smallest absolute Gasteiger partial charge is 0.160 e. The first-order valence-corrected chi connectivity index (χ1v) is 4.40. The van der Waals surface area contributed by atoms with Gasteiger partial charge in [0.05, 0.1) is 11.4 Å². The minimum absolute atomic E-state index is 0.702. The van der Waals surface area contributed by atoms with Gasteiger partial charge in [-0.3, -0.25) is 4.57 Å². The fraction of sp³-hybridized carbons (Fsp3) is 0.333. The fourth-order valence-electron chi connectivity index (χ4n) is 1.55. The van der Waals surface area contributed by atoms with Crippen molar-refractivity contribution in [3.05, 3.63) is 23.9 Å². The molecule has 2 aromatic rings.